The fourth-order valence-electron chi connectivity index (χ4n) is 4.29. The average molecular weight is 345 g/mol. The highest BCUT2D eigenvalue weighted by Gasteiger charge is 2.41. The summed E-state index contributed by atoms with van der Waals surface area (Å²) in [7, 11) is 4.06. The molecule has 1 saturated heterocycles. The number of ether oxygens (including phenoxy) is 1. The minimum atomic E-state index is -0.404. The van der Waals surface area contributed by atoms with Gasteiger partial charge in [-0.3, -0.25) is 0 Å². The minimum Gasteiger partial charge on any atom is -0.488 e. The summed E-state index contributed by atoms with van der Waals surface area (Å²) in [5.41, 5.74) is 8.32. The van der Waals surface area contributed by atoms with Crippen LogP contribution in [-0.2, 0) is 10.2 Å². The first kappa shape index (κ1) is 18.1. The highest BCUT2D eigenvalue weighted by Crippen LogP contribution is 2.48. The molecule has 1 aliphatic heterocycles. The summed E-state index contributed by atoms with van der Waals surface area (Å²) in [6.45, 7) is 4.48. The van der Waals surface area contributed by atoms with E-state index in [1.807, 2.05) is 19.2 Å². The molecule has 1 aromatic carbocycles. The molecule has 3 N–H and O–H groups in total. The van der Waals surface area contributed by atoms with E-state index < -0.39 is 5.41 Å². The molecule has 5 nitrogen and oxygen atoms in total. The van der Waals surface area contributed by atoms with Crippen molar-refractivity contribution in [3.05, 3.63) is 17.7 Å². The summed E-state index contributed by atoms with van der Waals surface area (Å²) in [5, 5.41) is 3.27. The number of carbonyl (C=O) groups is 1. The molecule has 3 rings (SSSR count). The standard InChI is InChI=1S/C20H31N3O2/c1-13-8-16(9-14(2)23(13)4)25-18-11-15(21)10-17(19(18)22-3)20(12-24)6-5-7-20/h10-14,16,22H,5-9,21H2,1-4H3. The van der Waals surface area contributed by atoms with Crippen LogP contribution in [0.15, 0.2) is 12.1 Å². The number of rotatable bonds is 5. The van der Waals surface area contributed by atoms with Crippen molar-refractivity contribution >= 4 is 17.7 Å². The molecule has 0 radical (unpaired) electrons. The lowest BCUT2D eigenvalue weighted by molar-refractivity contribution is -0.115. The van der Waals surface area contributed by atoms with Crippen molar-refractivity contribution < 1.29 is 9.53 Å². The lowest BCUT2D eigenvalue weighted by atomic mass is 9.65. The lowest BCUT2D eigenvalue weighted by Gasteiger charge is -2.41. The van der Waals surface area contributed by atoms with E-state index in [9.17, 15) is 4.79 Å². The summed E-state index contributed by atoms with van der Waals surface area (Å²) in [4.78, 5) is 14.2. The Morgan fingerprint density at radius 3 is 2.40 bits per heavy atom. The van der Waals surface area contributed by atoms with Crippen LogP contribution in [0.3, 0.4) is 0 Å². The maximum absolute atomic E-state index is 11.8. The maximum Gasteiger partial charge on any atom is 0.145 e. The van der Waals surface area contributed by atoms with Gasteiger partial charge in [0.15, 0.2) is 0 Å². The molecule has 1 aliphatic carbocycles. The first-order valence-electron chi connectivity index (χ1n) is 9.37. The Morgan fingerprint density at radius 2 is 1.92 bits per heavy atom. The second-order valence-electron chi connectivity index (χ2n) is 7.89. The van der Waals surface area contributed by atoms with Crippen molar-refractivity contribution in [3.63, 3.8) is 0 Å². The quantitative estimate of drug-likeness (QED) is 0.634. The van der Waals surface area contributed by atoms with E-state index in [1.54, 1.807) is 0 Å². The first-order valence-corrected chi connectivity index (χ1v) is 9.37. The average Bonchev–Trinajstić information content (AvgIpc) is 2.52. The Labute approximate surface area is 150 Å². The molecule has 0 spiro atoms. The highest BCUT2D eigenvalue weighted by atomic mass is 16.5. The number of piperidine rings is 1. The highest BCUT2D eigenvalue weighted by molar-refractivity contribution is 5.80. The smallest absolute Gasteiger partial charge is 0.145 e. The summed E-state index contributed by atoms with van der Waals surface area (Å²) in [6.07, 6.45) is 6.09. The number of anilines is 2. The zero-order valence-electron chi connectivity index (χ0n) is 15.8. The number of aldehydes is 1. The molecule has 1 heterocycles. The Balaban J connectivity index is 1.91. The second-order valence-corrected chi connectivity index (χ2v) is 7.89. The van der Waals surface area contributed by atoms with Crippen molar-refractivity contribution in [1.29, 1.82) is 0 Å². The molecule has 0 aromatic heterocycles. The molecule has 0 amide bonds. The van der Waals surface area contributed by atoms with Crippen molar-refractivity contribution in [2.75, 3.05) is 25.1 Å². The van der Waals surface area contributed by atoms with Gasteiger partial charge >= 0.3 is 0 Å². The topological polar surface area (TPSA) is 67.6 Å². The van der Waals surface area contributed by atoms with Gasteiger partial charge in [0.25, 0.3) is 0 Å². The van der Waals surface area contributed by atoms with Gasteiger partial charge in [-0.05, 0) is 58.2 Å². The van der Waals surface area contributed by atoms with Crippen molar-refractivity contribution in [1.82, 2.24) is 4.90 Å². The number of hydrogen-bond donors (Lipinski definition) is 2. The lowest BCUT2D eigenvalue weighted by Crippen LogP contribution is -2.47. The fraction of sp³-hybridized carbons (Fsp3) is 0.650. The molecule has 2 aliphatic rings. The van der Waals surface area contributed by atoms with Gasteiger partial charge in [-0.1, -0.05) is 6.42 Å². The number of hydrogen-bond acceptors (Lipinski definition) is 5. The zero-order valence-corrected chi connectivity index (χ0v) is 15.8. The van der Waals surface area contributed by atoms with Crippen LogP contribution in [0.25, 0.3) is 0 Å². The zero-order chi connectivity index (χ0) is 18.2. The summed E-state index contributed by atoms with van der Waals surface area (Å²) in [6, 6.07) is 4.80. The van der Waals surface area contributed by atoms with Crippen LogP contribution in [0, 0.1) is 0 Å². The number of nitrogen functional groups attached to an aromatic ring is 1. The van der Waals surface area contributed by atoms with E-state index in [2.05, 4.69) is 31.1 Å². The largest absolute Gasteiger partial charge is 0.488 e. The van der Waals surface area contributed by atoms with Gasteiger partial charge in [0.05, 0.1) is 11.1 Å². The minimum absolute atomic E-state index is 0.163. The third-order valence-corrected chi connectivity index (χ3v) is 6.27. The van der Waals surface area contributed by atoms with Gasteiger partial charge in [-0.2, -0.15) is 0 Å². The Morgan fingerprint density at radius 1 is 1.28 bits per heavy atom. The van der Waals surface area contributed by atoms with Crippen LogP contribution >= 0.6 is 0 Å². The summed E-state index contributed by atoms with van der Waals surface area (Å²) in [5.74, 6) is 0.777. The maximum atomic E-state index is 11.8. The van der Waals surface area contributed by atoms with Crippen molar-refractivity contribution in [2.45, 2.75) is 69.6 Å². The molecule has 2 atom stereocenters. The normalized spacial score (nSPS) is 28.9. The second kappa shape index (κ2) is 6.87. The van der Waals surface area contributed by atoms with E-state index in [-0.39, 0.29) is 6.10 Å². The fourth-order valence-corrected chi connectivity index (χ4v) is 4.29. The van der Waals surface area contributed by atoms with E-state index in [1.165, 1.54) is 0 Å². The van der Waals surface area contributed by atoms with Crippen LogP contribution in [0.2, 0.25) is 0 Å². The number of nitrogens with two attached hydrogens (primary N) is 1. The summed E-state index contributed by atoms with van der Waals surface area (Å²) >= 11 is 0. The molecule has 1 aromatic rings. The van der Waals surface area contributed by atoms with E-state index >= 15 is 0 Å². The molecular formula is C20H31N3O2. The van der Waals surface area contributed by atoms with E-state index in [4.69, 9.17) is 10.5 Å². The van der Waals surface area contributed by atoms with Gasteiger partial charge in [0, 0.05) is 30.9 Å². The molecule has 25 heavy (non-hydrogen) atoms. The van der Waals surface area contributed by atoms with Gasteiger partial charge < -0.3 is 25.5 Å². The van der Waals surface area contributed by atoms with Crippen LogP contribution in [0.4, 0.5) is 11.4 Å². The molecule has 138 valence electrons. The van der Waals surface area contributed by atoms with E-state index in [0.717, 1.165) is 55.4 Å². The number of benzene rings is 1. The number of carbonyl (C=O) groups excluding carboxylic acids is 1. The van der Waals surface area contributed by atoms with E-state index in [0.29, 0.717) is 17.8 Å². The van der Waals surface area contributed by atoms with Crippen LogP contribution < -0.4 is 15.8 Å². The number of nitrogens with one attached hydrogen (secondary N) is 1. The van der Waals surface area contributed by atoms with Crippen LogP contribution in [-0.4, -0.2) is 43.5 Å². The Kier molecular flexibility index (Phi) is 4.96. The van der Waals surface area contributed by atoms with Gasteiger partial charge in [0.1, 0.15) is 18.1 Å². The van der Waals surface area contributed by atoms with Crippen LogP contribution in [0.1, 0.15) is 51.5 Å². The molecule has 0 bridgehead atoms. The predicted molar refractivity (Wildman–Crippen MR) is 102 cm³/mol. The van der Waals surface area contributed by atoms with Gasteiger partial charge in [0.2, 0.25) is 0 Å². The molecule has 5 heteroatoms. The molecule has 1 saturated carbocycles. The first-order chi connectivity index (χ1) is 11.9. The molecule has 2 fully saturated rings. The van der Waals surface area contributed by atoms with Gasteiger partial charge in [-0.25, -0.2) is 0 Å². The monoisotopic (exact) mass is 345 g/mol. The Bertz CT molecular complexity index is 630. The third kappa shape index (κ3) is 3.22. The summed E-state index contributed by atoms with van der Waals surface area (Å²) < 4.78 is 6.41. The predicted octanol–water partition coefficient (Wildman–Crippen LogP) is 3.18. The van der Waals surface area contributed by atoms with Crippen molar-refractivity contribution in [3.8, 4) is 5.75 Å². The molecular weight excluding hydrogens is 314 g/mol. The Hall–Kier alpha value is -1.75. The number of likely N-dealkylation sites (tertiary alicyclic amines) is 1. The van der Waals surface area contributed by atoms with Crippen LogP contribution in [0.5, 0.6) is 5.75 Å². The molecule has 2 unspecified atom stereocenters. The van der Waals surface area contributed by atoms with Crippen molar-refractivity contribution in [2.24, 2.45) is 0 Å². The third-order valence-electron chi connectivity index (χ3n) is 6.27. The SMILES string of the molecule is CNc1c(OC2CC(C)N(C)C(C)C2)cc(N)cc1C1(C=O)CCC1. The van der Waals surface area contributed by atoms with Gasteiger partial charge in [-0.15, -0.1) is 0 Å². The number of nitrogens with zero attached hydrogens (tertiary/aromatic N) is 1.